The Morgan fingerprint density at radius 3 is 2.43 bits per heavy atom. The zero-order chi connectivity index (χ0) is 26.9. The molecule has 0 fully saturated rings. The van der Waals surface area contributed by atoms with Crippen LogP contribution in [-0.4, -0.2) is 44.9 Å². The number of rotatable bonds is 13. The van der Waals surface area contributed by atoms with Gasteiger partial charge >= 0.3 is 0 Å². The second-order valence-corrected chi connectivity index (χ2v) is 9.34. The number of nitrogens with two attached hydrogens (primary N) is 1. The third kappa shape index (κ3) is 6.69. The Morgan fingerprint density at radius 1 is 1.03 bits per heavy atom. The number of aryl methyl sites for hydroxylation is 2. The molecule has 2 aromatic carbocycles. The van der Waals surface area contributed by atoms with Crippen LogP contribution in [0.15, 0.2) is 24.3 Å². The molecule has 0 aliphatic rings. The molecule has 8 nitrogen and oxygen atoms in total. The number of amides is 1. The Kier molecular flexibility index (Phi) is 10.5. The number of hydrogen-bond donors (Lipinski definition) is 2. The van der Waals surface area contributed by atoms with Gasteiger partial charge in [-0.2, -0.15) is 0 Å². The summed E-state index contributed by atoms with van der Waals surface area (Å²) in [5.41, 5.74) is 8.24. The van der Waals surface area contributed by atoms with Crippen molar-refractivity contribution in [1.29, 1.82) is 0 Å². The first-order chi connectivity index (χ1) is 17.9. The average molecular weight is 551 g/mol. The summed E-state index contributed by atoms with van der Waals surface area (Å²) < 4.78 is 20.9. The van der Waals surface area contributed by atoms with E-state index in [0.717, 1.165) is 48.2 Å². The summed E-state index contributed by atoms with van der Waals surface area (Å²) in [5, 5.41) is 3.81. The van der Waals surface area contributed by atoms with Crippen molar-refractivity contribution in [3.05, 3.63) is 45.7 Å². The highest BCUT2D eigenvalue weighted by Crippen LogP contribution is 2.40. The van der Waals surface area contributed by atoms with Gasteiger partial charge in [-0.1, -0.05) is 23.2 Å². The second-order valence-electron chi connectivity index (χ2n) is 8.53. The predicted octanol–water partition coefficient (Wildman–Crippen LogP) is 4.60. The summed E-state index contributed by atoms with van der Waals surface area (Å²) in [6, 6.07) is 7.55. The van der Waals surface area contributed by atoms with Crippen LogP contribution < -0.4 is 29.8 Å². The predicted molar refractivity (Wildman–Crippen MR) is 149 cm³/mol. The Bertz CT molecular complexity index is 1270. The van der Waals surface area contributed by atoms with Gasteiger partial charge < -0.3 is 25.3 Å². The summed E-state index contributed by atoms with van der Waals surface area (Å²) in [5.74, 6) is 2.72. The van der Waals surface area contributed by atoms with Gasteiger partial charge in [-0.15, -0.1) is 0 Å². The van der Waals surface area contributed by atoms with Crippen molar-refractivity contribution in [2.75, 3.05) is 34.4 Å². The number of ether oxygens (including phenoxy) is 3. The van der Waals surface area contributed by atoms with E-state index in [-0.39, 0.29) is 5.91 Å². The van der Waals surface area contributed by atoms with E-state index in [1.54, 1.807) is 21.3 Å². The van der Waals surface area contributed by atoms with E-state index < -0.39 is 0 Å². The highest BCUT2D eigenvalue weighted by Gasteiger charge is 2.23. The largest absolute Gasteiger partial charge is 0.493 e. The van der Waals surface area contributed by atoms with Crippen LogP contribution in [-0.2, 0) is 18.4 Å². The molecule has 0 aliphatic heterocycles. The Morgan fingerprint density at radius 2 is 1.76 bits per heavy atom. The summed E-state index contributed by atoms with van der Waals surface area (Å²) in [6.07, 6.45) is 7.13. The highest BCUT2D eigenvalue weighted by molar-refractivity contribution is 6.42. The molecule has 0 aliphatic carbocycles. The molecular formula is C27H35Cl2N4O4+. The van der Waals surface area contributed by atoms with E-state index >= 15 is 0 Å². The van der Waals surface area contributed by atoms with Crippen molar-refractivity contribution in [3.63, 3.8) is 0 Å². The molecule has 3 rings (SSSR count). The van der Waals surface area contributed by atoms with E-state index in [0.29, 0.717) is 46.8 Å². The lowest BCUT2D eigenvalue weighted by molar-refractivity contribution is -0.647. The molecule has 0 spiro atoms. The number of carbonyl (C=O) groups excluding carboxylic acids is 1. The Balaban J connectivity index is 1.91. The maximum absolute atomic E-state index is 11.9. The first-order valence-corrected chi connectivity index (χ1v) is 12.9. The molecule has 10 heteroatoms. The minimum Gasteiger partial charge on any atom is -0.493 e. The molecule has 200 valence electrons. The molecule has 3 N–H and O–H groups in total. The lowest BCUT2D eigenvalue weighted by Gasteiger charge is -2.13. The molecule has 0 bridgehead atoms. The number of benzene rings is 2. The fourth-order valence-corrected chi connectivity index (χ4v) is 4.64. The SMILES string of the molecule is COc1ccc(/C=C/c2n(CCCCCC(=O)NCCN)c3cc(Cl)c(Cl)cc3[n+]2C)c(OC)c1OC. The van der Waals surface area contributed by atoms with Gasteiger partial charge in [0.1, 0.15) is 0 Å². The maximum Gasteiger partial charge on any atom is 0.282 e. The Hall–Kier alpha value is -2.94. The number of carbonyl (C=O) groups is 1. The first-order valence-electron chi connectivity index (χ1n) is 12.2. The normalized spacial score (nSPS) is 11.3. The fraction of sp³-hybridized carbons (Fsp3) is 0.407. The number of methoxy groups -OCH3 is 3. The van der Waals surface area contributed by atoms with Crippen molar-refractivity contribution in [2.24, 2.45) is 12.8 Å². The van der Waals surface area contributed by atoms with Crippen LogP contribution in [0.3, 0.4) is 0 Å². The van der Waals surface area contributed by atoms with Gasteiger partial charge in [0.2, 0.25) is 11.7 Å². The number of halogens is 2. The Labute approximate surface area is 227 Å². The standard InChI is InChI=1S/C27H34Cl2N4O4/c1-32-21-16-19(28)20(29)17-22(21)33(15-7-5-6-8-24(34)31-14-13-30)25(32)12-10-18-9-11-23(35-2)27(37-4)26(18)36-3/h9-12,16-17H,5-8,13-15,30H2,1-4H3/p+1/b12-10+. The molecule has 1 aromatic heterocycles. The molecule has 1 amide bonds. The smallest absolute Gasteiger partial charge is 0.282 e. The van der Waals surface area contributed by atoms with Gasteiger partial charge in [-0.3, -0.25) is 4.79 Å². The minimum atomic E-state index is 0.0391. The number of hydrogen-bond acceptors (Lipinski definition) is 5. The molecule has 1 heterocycles. The number of imidazole rings is 1. The van der Waals surface area contributed by atoms with Gasteiger partial charge in [-0.05, 0) is 37.5 Å². The molecule has 0 saturated heterocycles. The molecule has 3 aromatic rings. The van der Waals surface area contributed by atoms with Crippen LogP contribution in [0.25, 0.3) is 23.2 Å². The van der Waals surface area contributed by atoms with E-state index in [9.17, 15) is 4.79 Å². The summed E-state index contributed by atoms with van der Waals surface area (Å²) >= 11 is 12.7. The molecule has 0 saturated carbocycles. The summed E-state index contributed by atoms with van der Waals surface area (Å²) in [7, 11) is 6.78. The van der Waals surface area contributed by atoms with E-state index in [4.69, 9.17) is 43.1 Å². The van der Waals surface area contributed by atoms with Crippen molar-refractivity contribution in [2.45, 2.75) is 32.2 Å². The van der Waals surface area contributed by atoms with Crippen LogP contribution >= 0.6 is 23.2 Å². The minimum absolute atomic E-state index is 0.0391. The number of nitrogens with zero attached hydrogens (tertiary/aromatic N) is 2. The zero-order valence-corrected chi connectivity index (χ0v) is 23.3. The van der Waals surface area contributed by atoms with Crippen molar-refractivity contribution >= 4 is 52.3 Å². The lowest BCUT2D eigenvalue weighted by atomic mass is 10.1. The first kappa shape index (κ1) is 28.6. The number of aromatic nitrogens is 2. The quantitative estimate of drug-likeness (QED) is 0.240. The fourth-order valence-electron chi connectivity index (χ4n) is 4.33. The topological polar surface area (TPSA) is 91.6 Å². The van der Waals surface area contributed by atoms with Gasteiger partial charge in [0.05, 0.1) is 45.0 Å². The van der Waals surface area contributed by atoms with Crippen molar-refractivity contribution in [3.8, 4) is 17.2 Å². The van der Waals surface area contributed by atoms with Crippen molar-refractivity contribution in [1.82, 2.24) is 9.88 Å². The van der Waals surface area contributed by atoms with Gasteiger partial charge in [0, 0.05) is 43.3 Å². The average Bonchev–Trinajstić information content (AvgIpc) is 3.14. The van der Waals surface area contributed by atoms with Gasteiger partial charge in [0.15, 0.2) is 22.5 Å². The second kappa shape index (κ2) is 13.6. The monoisotopic (exact) mass is 549 g/mol. The molecule has 37 heavy (non-hydrogen) atoms. The number of fused-ring (bicyclic) bond motifs is 1. The summed E-state index contributed by atoms with van der Waals surface area (Å²) in [6.45, 7) is 1.71. The maximum atomic E-state index is 11.9. The molecule has 0 atom stereocenters. The van der Waals surface area contributed by atoms with Crippen LogP contribution in [0, 0.1) is 0 Å². The zero-order valence-electron chi connectivity index (χ0n) is 21.8. The highest BCUT2D eigenvalue weighted by atomic mass is 35.5. The van der Waals surface area contributed by atoms with Crippen LogP contribution in [0.5, 0.6) is 17.2 Å². The van der Waals surface area contributed by atoms with E-state index in [2.05, 4.69) is 14.5 Å². The molecule has 0 unspecified atom stereocenters. The third-order valence-corrected chi connectivity index (χ3v) is 6.91. The van der Waals surface area contributed by atoms with Crippen LogP contribution in [0.2, 0.25) is 10.0 Å². The third-order valence-electron chi connectivity index (χ3n) is 6.19. The number of unbranched alkanes of at least 4 members (excludes halogenated alkanes) is 2. The van der Waals surface area contributed by atoms with Crippen LogP contribution in [0.1, 0.15) is 37.1 Å². The van der Waals surface area contributed by atoms with Gasteiger partial charge in [-0.25, -0.2) is 9.13 Å². The molecular weight excluding hydrogens is 515 g/mol. The summed E-state index contributed by atoms with van der Waals surface area (Å²) in [4.78, 5) is 11.9. The lowest BCUT2D eigenvalue weighted by Crippen LogP contribution is -2.31. The van der Waals surface area contributed by atoms with Crippen LogP contribution in [0.4, 0.5) is 0 Å². The van der Waals surface area contributed by atoms with Crippen molar-refractivity contribution < 1.29 is 23.6 Å². The molecule has 0 radical (unpaired) electrons. The van der Waals surface area contributed by atoms with E-state index in [1.807, 2.05) is 43.5 Å². The van der Waals surface area contributed by atoms with E-state index in [1.165, 1.54) is 0 Å². The number of nitrogens with one attached hydrogen (secondary N) is 1. The van der Waals surface area contributed by atoms with Gasteiger partial charge in [0.25, 0.3) is 5.82 Å².